The topological polar surface area (TPSA) is 38.9 Å². The maximum atomic E-state index is 6.26. The Hall–Kier alpha value is -1.61. The van der Waals surface area contributed by atoms with Crippen LogP contribution < -0.4 is 5.73 Å². The Morgan fingerprint density at radius 3 is 2.45 bits per heavy atom. The lowest BCUT2D eigenvalue weighted by Gasteiger charge is -2.11. The number of nitrogens with zero attached hydrogens (tertiary/aromatic N) is 1. The van der Waals surface area contributed by atoms with Gasteiger partial charge in [-0.2, -0.15) is 0 Å². The van der Waals surface area contributed by atoms with Crippen LogP contribution in [0, 0.1) is 0 Å². The second kappa shape index (κ2) is 5.41. The minimum atomic E-state index is 0.384. The van der Waals surface area contributed by atoms with Crippen LogP contribution in [0.25, 0.3) is 22.2 Å². The van der Waals surface area contributed by atoms with Crippen LogP contribution in [-0.4, -0.2) is 4.98 Å². The van der Waals surface area contributed by atoms with Crippen molar-refractivity contribution >= 4 is 34.1 Å². The molecule has 1 aromatic heterocycles. The van der Waals surface area contributed by atoms with Crippen molar-refractivity contribution in [2.45, 2.75) is 6.54 Å². The van der Waals surface area contributed by atoms with E-state index in [1.807, 2.05) is 48.5 Å². The van der Waals surface area contributed by atoms with Gasteiger partial charge in [0.2, 0.25) is 0 Å². The van der Waals surface area contributed by atoms with E-state index in [2.05, 4.69) is 4.98 Å². The molecule has 4 heteroatoms. The van der Waals surface area contributed by atoms with Gasteiger partial charge in [0.1, 0.15) is 0 Å². The summed E-state index contributed by atoms with van der Waals surface area (Å²) in [6, 6.07) is 15.3. The Balaban J connectivity index is 2.33. The fourth-order valence-electron chi connectivity index (χ4n) is 2.24. The van der Waals surface area contributed by atoms with Crippen molar-refractivity contribution in [3.8, 4) is 11.3 Å². The first-order valence-electron chi connectivity index (χ1n) is 6.24. The largest absolute Gasteiger partial charge is 0.326 e. The molecule has 3 aromatic rings. The van der Waals surface area contributed by atoms with Crippen LogP contribution in [0.5, 0.6) is 0 Å². The number of hydrogen-bond donors (Lipinski definition) is 1. The minimum absolute atomic E-state index is 0.384. The van der Waals surface area contributed by atoms with E-state index in [9.17, 15) is 0 Å². The standard InChI is InChI=1S/C16H12Cl2N2/c17-13-5-2-1-4-11(13)16-10(9-19)8-12-14(18)6-3-7-15(12)20-16/h1-8H,9,19H2. The number of pyridine rings is 1. The van der Waals surface area contributed by atoms with Crippen molar-refractivity contribution in [2.75, 3.05) is 0 Å². The molecule has 0 bridgehead atoms. The summed E-state index contributed by atoms with van der Waals surface area (Å²) in [6.07, 6.45) is 0. The molecule has 20 heavy (non-hydrogen) atoms. The van der Waals surface area contributed by atoms with Crippen molar-refractivity contribution in [3.63, 3.8) is 0 Å². The Morgan fingerprint density at radius 2 is 1.70 bits per heavy atom. The third-order valence-corrected chi connectivity index (χ3v) is 3.89. The number of fused-ring (bicyclic) bond motifs is 1. The maximum Gasteiger partial charge on any atom is 0.0769 e. The lowest BCUT2D eigenvalue weighted by atomic mass is 10.0. The van der Waals surface area contributed by atoms with Gasteiger partial charge in [0.25, 0.3) is 0 Å². The molecule has 2 N–H and O–H groups in total. The Kier molecular flexibility index (Phi) is 3.62. The van der Waals surface area contributed by atoms with E-state index in [0.717, 1.165) is 27.7 Å². The van der Waals surface area contributed by atoms with Crippen molar-refractivity contribution < 1.29 is 0 Å². The zero-order valence-corrected chi connectivity index (χ0v) is 12.1. The molecule has 100 valence electrons. The molecule has 0 fully saturated rings. The molecule has 2 nitrogen and oxygen atoms in total. The average Bonchev–Trinajstić information content (AvgIpc) is 2.47. The van der Waals surface area contributed by atoms with E-state index in [-0.39, 0.29) is 0 Å². The average molecular weight is 303 g/mol. The van der Waals surface area contributed by atoms with Crippen LogP contribution in [0.1, 0.15) is 5.56 Å². The molecule has 0 aliphatic carbocycles. The Morgan fingerprint density at radius 1 is 0.950 bits per heavy atom. The highest BCUT2D eigenvalue weighted by Gasteiger charge is 2.12. The van der Waals surface area contributed by atoms with Crippen LogP contribution in [0.2, 0.25) is 10.0 Å². The number of benzene rings is 2. The minimum Gasteiger partial charge on any atom is -0.326 e. The summed E-state index contributed by atoms with van der Waals surface area (Å²) >= 11 is 12.5. The summed E-state index contributed by atoms with van der Waals surface area (Å²) in [4.78, 5) is 4.69. The predicted octanol–water partition coefficient (Wildman–Crippen LogP) is 4.67. The molecule has 0 radical (unpaired) electrons. The number of aromatic nitrogens is 1. The summed E-state index contributed by atoms with van der Waals surface area (Å²) in [5.41, 5.74) is 9.32. The fraction of sp³-hybridized carbons (Fsp3) is 0.0625. The lowest BCUT2D eigenvalue weighted by Crippen LogP contribution is -2.02. The van der Waals surface area contributed by atoms with Gasteiger partial charge >= 0.3 is 0 Å². The molecule has 2 aromatic carbocycles. The van der Waals surface area contributed by atoms with Crippen molar-refractivity contribution in [1.82, 2.24) is 4.98 Å². The van der Waals surface area contributed by atoms with Gasteiger partial charge in [0, 0.05) is 27.5 Å². The molecule has 1 heterocycles. The quantitative estimate of drug-likeness (QED) is 0.747. The van der Waals surface area contributed by atoms with Crippen molar-refractivity contribution in [3.05, 3.63) is 64.1 Å². The third-order valence-electron chi connectivity index (χ3n) is 3.23. The number of halogens is 2. The van der Waals surface area contributed by atoms with E-state index in [1.165, 1.54) is 0 Å². The van der Waals surface area contributed by atoms with Crippen LogP contribution >= 0.6 is 23.2 Å². The number of hydrogen-bond acceptors (Lipinski definition) is 2. The fourth-order valence-corrected chi connectivity index (χ4v) is 2.69. The second-order valence-corrected chi connectivity index (χ2v) is 5.30. The van der Waals surface area contributed by atoms with Crippen LogP contribution in [-0.2, 0) is 6.54 Å². The molecule has 0 aliphatic heterocycles. The van der Waals surface area contributed by atoms with E-state index in [1.54, 1.807) is 0 Å². The Labute approximate surface area is 127 Å². The second-order valence-electron chi connectivity index (χ2n) is 4.49. The molecule has 0 saturated carbocycles. The lowest BCUT2D eigenvalue weighted by molar-refractivity contribution is 1.06. The van der Waals surface area contributed by atoms with Crippen molar-refractivity contribution in [2.24, 2.45) is 5.73 Å². The molecular formula is C16H12Cl2N2. The highest BCUT2D eigenvalue weighted by atomic mass is 35.5. The van der Waals surface area contributed by atoms with Gasteiger partial charge in [0.05, 0.1) is 11.2 Å². The summed E-state index contributed by atoms with van der Waals surface area (Å²) in [6.45, 7) is 0.384. The molecule has 0 aliphatic rings. The normalized spacial score (nSPS) is 10.9. The van der Waals surface area contributed by atoms with Crippen LogP contribution in [0.15, 0.2) is 48.5 Å². The molecule has 0 unspecified atom stereocenters. The van der Waals surface area contributed by atoms with Gasteiger partial charge in [-0.05, 0) is 29.8 Å². The van der Waals surface area contributed by atoms with Gasteiger partial charge in [-0.25, -0.2) is 4.98 Å². The zero-order valence-electron chi connectivity index (χ0n) is 10.6. The maximum absolute atomic E-state index is 6.26. The third kappa shape index (κ3) is 2.27. The highest BCUT2D eigenvalue weighted by Crippen LogP contribution is 2.32. The van der Waals surface area contributed by atoms with E-state index in [0.29, 0.717) is 16.6 Å². The number of nitrogens with two attached hydrogens (primary N) is 1. The molecule has 3 rings (SSSR count). The smallest absolute Gasteiger partial charge is 0.0769 e. The summed E-state index contributed by atoms with van der Waals surface area (Å²) < 4.78 is 0. The van der Waals surface area contributed by atoms with Gasteiger partial charge in [0.15, 0.2) is 0 Å². The first-order chi connectivity index (χ1) is 9.70. The predicted molar refractivity (Wildman–Crippen MR) is 85.1 cm³/mol. The SMILES string of the molecule is NCc1cc2c(Cl)cccc2nc1-c1ccccc1Cl. The van der Waals surface area contributed by atoms with E-state index >= 15 is 0 Å². The summed E-state index contributed by atoms with van der Waals surface area (Å²) in [5, 5.41) is 2.25. The molecule has 0 atom stereocenters. The van der Waals surface area contributed by atoms with Gasteiger partial charge in [-0.15, -0.1) is 0 Å². The molecule has 0 spiro atoms. The molecule has 0 amide bonds. The first-order valence-corrected chi connectivity index (χ1v) is 6.99. The monoisotopic (exact) mass is 302 g/mol. The van der Waals surface area contributed by atoms with Crippen LogP contribution in [0.4, 0.5) is 0 Å². The highest BCUT2D eigenvalue weighted by molar-refractivity contribution is 6.35. The number of rotatable bonds is 2. The summed E-state index contributed by atoms with van der Waals surface area (Å²) in [7, 11) is 0. The summed E-state index contributed by atoms with van der Waals surface area (Å²) in [5.74, 6) is 0. The molecular weight excluding hydrogens is 291 g/mol. The van der Waals surface area contributed by atoms with E-state index in [4.69, 9.17) is 28.9 Å². The first kappa shape index (κ1) is 13.4. The molecule has 0 saturated heterocycles. The van der Waals surface area contributed by atoms with Gasteiger partial charge < -0.3 is 5.73 Å². The van der Waals surface area contributed by atoms with Crippen molar-refractivity contribution in [1.29, 1.82) is 0 Å². The van der Waals surface area contributed by atoms with Gasteiger partial charge in [-0.1, -0.05) is 47.5 Å². The van der Waals surface area contributed by atoms with Crippen LogP contribution in [0.3, 0.4) is 0 Å². The zero-order chi connectivity index (χ0) is 14.1. The van der Waals surface area contributed by atoms with E-state index < -0.39 is 0 Å². The Bertz CT molecular complexity index is 785. The van der Waals surface area contributed by atoms with Gasteiger partial charge in [-0.3, -0.25) is 0 Å².